The molecule has 2 aromatic heterocycles. The van der Waals surface area contributed by atoms with Crippen LogP contribution in [0.15, 0.2) is 22.0 Å². The molecule has 1 atom stereocenters. The van der Waals surface area contributed by atoms with E-state index in [4.69, 9.17) is 9.63 Å². The molecule has 116 valence electrons. The van der Waals surface area contributed by atoms with E-state index in [0.29, 0.717) is 31.1 Å². The zero-order chi connectivity index (χ0) is 15.5. The van der Waals surface area contributed by atoms with Gasteiger partial charge in [-0.3, -0.25) is 4.79 Å². The average Bonchev–Trinajstić information content (AvgIpc) is 3.23. The molecule has 1 amide bonds. The van der Waals surface area contributed by atoms with E-state index < -0.39 is 12.0 Å². The van der Waals surface area contributed by atoms with Crippen molar-refractivity contribution in [3.8, 4) is 10.7 Å². The maximum Gasteiger partial charge on any atom is 0.326 e. The van der Waals surface area contributed by atoms with Crippen LogP contribution >= 0.6 is 11.3 Å². The Morgan fingerprint density at radius 2 is 2.36 bits per heavy atom. The number of nitrogens with zero attached hydrogens (tertiary/aromatic N) is 3. The molecule has 8 heteroatoms. The molecule has 1 fully saturated rings. The summed E-state index contributed by atoms with van der Waals surface area (Å²) < 4.78 is 5.13. The Bertz CT molecular complexity index is 667. The summed E-state index contributed by atoms with van der Waals surface area (Å²) in [7, 11) is 0. The normalized spacial score (nSPS) is 17.8. The molecule has 1 aliphatic rings. The molecule has 0 aromatic carbocycles. The summed E-state index contributed by atoms with van der Waals surface area (Å²) in [6.07, 6.45) is 1.74. The fourth-order valence-corrected chi connectivity index (χ4v) is 3.19. The third-order valence-corrected chi connectivity index (χ3v) is 4.49. The Labute approximate surface area is 130 Å². The van der Waals surface area contributed by atoms with Crippen LogP contribution in [0.3, 0.4) is 0 Å². The van der Waals surface area contributed by atoms with Crippen molar-refractivity contribution in [2.75, 3.05) is 6.54 Å². The van der Waals surface area contributed by atoms with E-state index >= 15 is 0 Å². The first-order valence-corrected chi connectivity index (χ1v) is 7.92. The Hall–Kier alpha value is -2.22. The molecule has 2 aromatic rings. The van der Waals surface area contributed by atoms with Crippen molar-refractivity contribution in [2.45, 2.75) is 31.7 Å². The van der Waals surface area contributed by atoms with E-state index in [9.17, 15) is 9.59 Å². The first kappa shape index (κ1) is 14.7. The van der Waals surface area contributed by atoms with Crippen molar-refractivity contribution in [3.05, 3.63) is 23.4 Å². The molecule has 1 saturated heterocycles. The summed E-state index contributed by atoms with van der Waals surface area (Å²) in [6, 6.07) is 3.10. The minimum Gasteiger partial charge on any atom is -0.480 e. The summed E-state index contributed by atoms with van der Waals surface area (Å²) in [5.74, 6) is -0.214. The van der Waals surface area contributed by atoms with Gasteiger partial charge in [-0.25, -0.2) is 4.79 Å². The number of thiophene rings is 1. The van der Waals surface area contributed by atoms with E-state index in [1.54, 1.807) is 0 Å². The van der Waals surface area contributed by atoms with Crippen molar-refractivity contribution in [2.24, 2.45) is 0 Å². The van der Waals surface area contributed by atoms with E-state index in [1.165, 1.54) is 16.2 Å². The van der Waals surface area contributed by atoms with E-state index in [2.05, 4.69) is 10.1 Å². The molecule has 3 rings (SSSR count). The molecule has 1 aliphatic heterocycles. The molecule has 0 bridgehead atoms. The summed E-state index contributed by atoms with van der Waals surface area (Å²) >= 11 is 1.51. The molecular weight excluding hydrogens is 306 g/mol. The largest absolute Gasteiger partial charge is 0.480 e. The molecule has 22 heavy (non-hydrogen) atoms. The lowest BCUT2D eigenvalue weighted by molar-refractivity contribution is -0.148. The van der Waals surface area contributed by atoms with Gasteiger partial charge in [-0.05, 0) is 24.3 Å². The number of rotatable bonds is 5. The lowest BCUT2D eigenvalue weighted by atomic mass is 10.2. The second-order valence-electron chi connectivity index (χ2n) is 5.07. The van der Waals surface area contributed by atoms with E-state index in [0.717, 1.165) is 11.3 Å². The van der Waals surface area contributed by atoms with Gasteiger partial charge in [-0.2, -0.15) is 4.98 Å². The zero-order valence-electron chi connectivity index (χ0n) is 11.8. The average molecular weight is 321 g/mol. The van der Waals surface area contributed by atoms with Gasteiger partial charge in [0, 0.05) is 19.4 Å². The molecule has 0 radical (unpaired) electrons. The van der Waals surface area contributed by atoms with Gasteiger partial charge in [0.2, 0.25) is 17.6 Å². The lowest BCUT2D eigenvalue weighted by Crippen LogP contribution is -2.40. The van der Waals surface area contributed by atoms with Gasteiger partial charge in [0.1, 0.15) is 6.04 Å². The number of aromatic nitrogens is 2. The molecule has 0 saturated carbocycles. The highest BCUT2D eigenvalue weighted by Gasteiger charge is 2.33. The smallest absolute Gasteiger partial charge is 0.326 e. The van der Waals surface area contributed by atoms with Crippen LogP contribution in [-0.2, 0) is 16.0 Å². The van der Waals surface area contributed by atoms with Crippen molar-refractivity contribution in [3.63, 3.8) is 0 Å². The first-order valence-electron chi connectivity index (χ1n) is 7.04. The predicted molar refractivity (Wildman–Crippen MR) is 78.3 cm³/mol. The predicted octanol–water partition coefficient (Wildman–Crippen LogP) is 1.81. The molecule has 3 heterocycles. The summed E-state index contributed by atoms with van der Waals surface area (Å²) in [5, 5.41) is 14.9. The third kappa shape index (κ3) is 3.01. The number of amides is 1. The second-order valence-corrected chi connectivity index (χ2v) is 6.02. The Morgan fingerprint density at radius 3 is 3.09 bits per heavy atom. The highest BCUT2D eigenvalue weighted by atomic mass is 32.1. The van der Waals surface area contributed by atoms with Gasteiger partial charge >= 0.3 is 5.97 Å². The molecular formula is C14H15N3O4S. The van der Waals surface area contributed by atoms with Gasteiger partial charge in [0.25, 0.3) is 0 Å². The zero-order valence-corrected chi connectivity index (χ0v) is 12.6. The van der Waals surface area contributed by atoms with Crippen molar-refractivity contribution < 1.29 is 19.2 Å². The number of aryl methyl sites for hydroxylation is 1. The maximum atomic E-state index is 12.1. The number of carboxylic acids is 1. The monoisotopic (exact) mass is 321 g/mol. The van der Waals surface area contributed by atoms with E-state index in [-0.39, 0.29) is 12.3 Å². The highest BCUT2D eigenvalue weighted by Crippen LogP contribution is 2.22. The number of hydrogen-bond acceptors (Lipinski definition) is 6. The topological polar surface area (TPSA) is 96.5 Å². The van der Waals surface area contributed by atoms with Crippen LogP contribution in [0.4, 0.5) is 0 Å². The Kier molecular flexibility index (Phi) is 4.19. The second kappa shape index (κ2) is 6.27. The summed E-state index contributed by atoms with van der Waals surface area (Å²) in [4.78, 5) is 29.8. The third-order valence-electron chi connectivity index (χ3n) is 3.62. The lowest BCUT2D eigenvalue weighted by Gasteiger charge is -2.20. The van der Waals surface area contributed by atoms with Gasteiger partial charge in [0.15, 0.2) is 0 Å². The molecule has 0 unspecified atom stereocenters. The highest BCUT2D eigenvalue weighted by molar-refractivity contribution is 7.13. The van der Waals surface area contributed by atoms with Crippen LogP contribution < -0.4 is 0 Å². The molecule has 1 N–H and O–H groups in total. The maximum absolute atomic E-state index is 12.1. The van der Waals surface area contributed by atoms with E-state index in [1.807, 2.05) is 17.5 Å². The van der Waals surface area contributed by atoms with Crippen LogP contribution in [-0.4, -0.2) is 44.6 Å². The standard InChI is InChI=1S/C14H15N3O4S/c18-12(17-7-1-3-9(17)14(19)20)6-5-11-15-13(16-21-11)10-4-2-8-22-10/h2,4,8-9H,1,3,5-7H2,(H,19,20)/t9-/m0/s1. The number of carbonyl (C=O) groups excluding carboxylic acids is 1. The molecule has 0 spiro atoms. The Balaban J connectivity index is 1.58. The number of likely N-dealkylation sites (tertiary alicyclic amines) is 1. The van der Waals surface area contributed by atoms with Crippen molar-refractivity contribution in [1.82, 2.24) is 15.0 Å². The number of carbonyl (C=O) groups is 2. The van der Waals surface area contributed by atoms with Crippen LogP contribution in [0.5, 0.6) is 0 Å². The minimum absolute atomic E-state index is 0.176. The van der Waals surface area contributed by atoms with Crippen LogP contribution in [0, 0.1) is 0 Å². The summed E-state index contributed by atoms with van der Waals surface area (Å²) in [5.41, 5.74) is 0. The number of hydrogen-bond donors (Lipinski definition) is 1. The van der Waals surface area contributed by atoms with Crippen molar-refractivity contribution >= 4 is 23.2 Å². The molecule has 7 nitrogen and oxygen atoms in total. The van der Waals surface area contributed by atoms with Gasteiger partial charge in [0.05, 0.1) is 4.88 Å². The molecule has 0 aliphatic carbocycles. The quantitative estimate of drug-likeness (QED) is 0.902. The fraction of sp³-hybridized carbons (Fsp3) is 0.429. The van der Waals surface area contributed by atoms with Gasteiger partial charge in [-0.15, -0.1) is 11.3 Å². The van der Waals surface area contributed by atoms with Crippen LogP contribution in [0.1, 0.15) is 25.2 Å². The number of aliphatic carboxylic acids is 1. The van der Waals surface area contributed by atoms with Gasteiger partial charge in [-0.1, -0.05) is 11.2 Å². The number of carboxylic acid groups (broad SMARTS) is 1. The van der Waals surface area contributed by atoms with Crippen LogP contribution in [0.25, 0.3) is 10.7 Å². The Morgan fingerprint density at radius 1 is 1.50 bits per heavy atom. The van der Waals surface area contributed by atoms with Gasteiger partial charge < -0.3 is 14.5 Å². The minimum atomic E-state index is -0.941. The van der Waals surface area contributed by atoms with Crippen molar-refractivity contribution in [1.29, 1.82) is 0 Å². The van der Waals surface area contributed by atoms with Crippen LogP contribution in [0.2, 0.25) is 0 Å². The fourth-order valence-electron chi connectivity index (χ4n) is 2.54. The SMILES string of the molecule is O=C(O)[C@@H]1CCCN1C(=O)CCc1nc(-c2cccs2)no1. The summed E-state index contributed by atoms with van der Waals surface area (Å²) in [6.45, 7) is 0.500. The first-order chi connectivity index (χ1) is 10.6.